The molecule has 5 rings (SSSR count). The maximum Gasteiger partial charge on any atom is 0.241 e. The maximum absolute atomic E-state index is 4.72. The molecule has 1 fully saturated rings. The molecule has 1 aliphatic rings. The zero-order valence-electron chi connectivity index (χ0n) is 13.9. The van der Waals surface area contributed by atoms with Crippen LogP contribution in [0.15, 0.2) is 48.9 Å². The van der Waals surface area contributed by atoms with Crippen LogP contribution in [0.25, 0.3) is 27.8 Å². The lowest BCUT2D eigenvalue weighted by Crippen LogP contribution is -2.19. The van der Waals surface area contributed by atoms with Gasteiger partial charge in [0.05, 0.1) is 28.4 Å². The van der Waals surface area contributed by atoms with Gasteiger partial charge in [-0.1, -0.05) is 0 Å². The average Bonchev–Trinajstić information content (AvgIpc) is 3.41. The summed E-state index contributed by atoms with van der Waals surface area (Å²) in [5.74, 6) is 1.43. The van der Waals surface area contributed by atoms with E-state index in [2.05, 4.69) is 27.3 Å². The van der Waals surface area contributed by atoms with Gasteiger partial charge in [-0.2, -0.15) is 0 Å². The number of nitrogens with zero attached hydrogens (tertiary/aromatic N) is 5. The SMILES string of the molecule is C[C@H](Nc1ncc2c(-c3ccc4ncccc4n3)ccn2n1)C1CC1. The third-order valence-electron chi connectivity index (χ3n) is 4.83. The molecule has 0 bridgehead atoms. The molecule has 0 spiro atoms. The summed E-state index contributed by atoms with van der Waals surface area (Å²) in [4.78, 5) is 13.5. The Morgan fingerprint density at radius 2 is 2.04 bits per heavy atom. The van der Waals surface area contributed by atoms with E-state index in [4.69, 9.17) is 4.98 Å². The molecule has 0 aromatic carbocycles. The molecule has 4 aromatic heterocycles. The van der Waals surface area contributed by atoms with Crippen molar-refractivity contribution in [3.05, 3.63) is 48.9 Å². The first-order valence-corrected chi connectivity index (χ1v) is 8.61. The van der Waals surface area contributed by atoms with Crippen LogP contribution >= 0.6 is 0 Å². The van der Waals surface area contributed by atoms with Crippen LogP contribution in [0.1, 0.15) is 19.8 Å². The number of hydrogen-bond donors (Lipinski definition) is 1. The second-order valence-electron chi connectivity index (χ2n) is 6.65. The average molecular weight is 330 g/mol. The molecule has 1 aliphatic carbocycles. The van der Waals surface area contributed by atoms with Crippen LogP contribution in [-0.2, 0) is 0 Å². The first-order chi connectivity index (χ1) is 12.3. The van der Waals surface area contributed by atoms with Crippen molar-refractivity contribution in [3.8, 4) is 11.3 Å². The third-order valence-corrected chi connectivity index (χ3v) is 4.83. The molecule has 124 valence electrons. The van der Waals surface area contributed by atoms with Gasteiger partial charge in [0.2, 0.25) is 5.95 Å². The fraction of sp³-hybridized carbons (Fsp3) is 0.263. The molecule has 1 saturated carbocycles. The Bertz CT molecular complexity index is 1070. The van der Waals surface area contributed by atoms with E-state index < -0.39 is 0 Å². The van der Waals surface area contributed by atoms with Crippen molar-refractivity contribution in [2.45, 2.75) is 25.8 Å². The summed E-state index contributed by atoms with van der Waals surface area (Å²) in [6, 6.07) is 10.3. The van der Waals surface area contributed by atoms with E-state index in [1.807, 2.05) is 47.2 Å². The van der Waals surface area contributed by atoms with Crippen molar-refractivity contribution in [3.63, 3.8) is 0 Å². The second kappa shape index (κ2) is 5.51. The number of nitrogens with one attached hydrogen (secondary N) is 1. The zero-order chi connectivity index (χ0) is 16.8. The van der Waals surface area contributed by atoms with Gasteiger partial charge in [-0.3, -0.25) is 4.98 Å². The molecule has 4 aromatic rings. The summed E-state index contributed by atoms with van der Waals surface area (Å²) in [5, 5.41) is 7.99. The molecule has 0 amide bonds. The van der Waals surface area contributed by atoms with Gasteiger partial charge < -0.3 is 5.32 Å². The second-order valence-corrected chi connectivity index (χ2v) is 6.65. The zero-order valence-corrected chi connectivity index (χ0v) is 13.9. The molecule has 4 heterocycles. The van der Waals surface area contributed by atoms with Crippen molar-refractivity contribution in [1.82, 2.24) is 24.6 Å². The largest absolute Gasteiger partial charge is 0.350 e. The van der Waals surface area contributed by atoms with E-state index in [-0.39, 0.29) is 0 Å². The summed E-state index contributed by atoms with van der Waals surface area (Å²) in [6.45, 7) is 2.19. The van der Waals surface area contributed by atoms with Crippen LogP contribution in [0, 0.1) is 5.92 Å². The van der Waals surface area contributed by atoms with Crippen molar-refractivity contribution in [2.75, 3.05) is 5.32 Å². The summed E-state index contributed by atoms with van der Waals surface area (Å²) in [7, 11) is 0. The minimum Gasteiger partial charge on any atom is -0.350 e. The number of rotatable bonds is 4. The molecule has 6 nitrogen and oxygen atoms in total. The Kier molecular flexibility index (Phi) is 3.16. The van der Waals surface area contributed by atoms with E-state index in [9.17, 15) is 0 Å². The van der Waals surface area contributed by atoms with Gasteiger partial charge in [0, 0.05) is 24.0 Å². The number of anilines is 1. The Labute approximate surface area is 145 Å². The van der Waals surface area contributed by atoms with Crippen LogP contribution < -0.4 is 5.32 Å². The van der Waals surface area contributed by atoms with Gasteiger partial charge in [0.15, 0.2) is 0 Å². The molecular weight excluding hydrogens is 312 g/mol. The first kappa shape index (κ1) is 14.3. The highest BCUT2D eigenvalue weighted by molar-refractivity contribution is 5.83. The van der Waals surface area contributed by atoms with Gasteiger partial charge in [-0.25, -0.2) is 14.5 Å². The Balaban J connectivity index is 1.52. The highest BCUT2D eigenvalue weighted by atomic mass is 15.3. The Hall–Kier alpha value is -3.02. The Morgan fingerprint density at radius 3 is 2.92 bits per heavy atom. The molecular formula is C19H18N6. The van der Waals surface area contributed by atoms with E-state index in [0.29, 0.717) is 12.0 Å². The van der Waals surface area contributed by atoms with Crippen LogP contribution in [0.4, 0.5) is 5.95 Å². The molecule has 0 saturated heterocycles. The third kappa shape index (κ3) is 2.59. The van der Waals surface area contributed by atoms with Gasteiger partial charge >= 0.3 is 0 Å². The number of pyridine rings is 2. The lowest BCUT2D eigenvalue weighted by atomic mass is 10.1. The summed E-state index contributed by atoms with van der Waals surface area (Å²) in [5.41, 5.74) is 4.65. The fourth-order valence-electron chi connectivity index (χ4n) is 3.21. The molecule has 1 atom stereocenters. The lowest BCUT2D eigenvalue weighted by Gasteiger charge is -2.12. The number of hydrogen-bond acceptors (Lipinski definition) is 5. The molecule has 0 aliphatic heterocycles. The summed E-state index contributed by atoms with van der Waals surface area (Å²) < 4.78 is 1.86. The molecule has 6 heteroatoms. The van der Waals surface area contributed by atoms with E-state index in [0.717, 1.165) is 33.7 Å². The molecule has 25 heavy (non-hydrogen) atoms. The van der Waals surface area contributed by atoms with E-state index in [1.165, 1.54) is 12.8 Å². The van der Waals surface area contributed by atoms with Crippen LogP contribution in [0.3, 0.4) is 0 Å². The van der Waals surface area contributed by atoms with Crippen molar-refractivity contribution >= 4 is 22.5 Å². The molecule has 1 N–H and O–H groups in total. The van der Waals surface area contributed by atoms with Crippen LogP contribution in [0.2, 0.25) is 0 Å². The normalized spacial score (nSPS) is 15.6. The molecule has 0 unspecified atom stereocenters. The highest BCUT2D eigenvalue weighted by Crippen LogP contribution is 2.33. The van der Waals surface area contributed by atoms with Crippen molar-refractivity contribution < 1.29 is 0 Å². The van der Waals surface area contributed by atoms with Gasteiger partial charge in [0.1, 0.15) is 0 Å². The predicted molar refractivity (Wildman–Crippen MR) is 97.3 cm³/mol. The topological polar surface area (TPSA) is 68.0 Å². The molecule has 0 radical (unpaired) electrons. The van der Waals surface area contributed by atoms with E-state index >= 15 is 0 Å². The van der Waals surface area contributed by atoms with Crippen LogP contribution in [-0.4, -0.2) is 30.6 Å². The lowest BCUT2D eigenvalue weighted by molar-refractivity contribution is 0.681. The smallest absolute Gasteiger partial charge is 0.241 e. The minimum atomic E-state index is 0.419. The number of aromatic nitrogens is 5. The maximum atomic E-state index is 4.72. The predicted octanol–water partition coefficient (Wildman–Crippen LogP) is 3.55. The number of fused-ring (bicyclic) bond motifs is 2. The standard InChI is InChI=1S/C19H18N6/c1-12(13-4-5-13)22-19-21-11-18-14(8-10-25(18)24-19)15-6-7-16-17(23-15)3-2-9-20-16/h2-3,6-13H,4-5H2,1H3,(H,22,24)/t12-/m0/s1. The van der Waals surface area contributed by atoms with Gasteiger partial charge in [-0.05, 0) is 56.0 Å². The van der Waals surface area contributed by atoms with Crippen molar-refractivity contribution in [2.24, 2.45) is 5.92 Å². The monoisotopic (exact) mass is 330 g/mol. The Morgan fingerprint density at radius 1 is 1.12 bits per heavy atom. The van der Waals surface area contributed by atoms with Crippen molar-refractivity contribution in [1.29, 1.82) is 0 Å². The summed E-state index contributed by atoms with van der Waals surface area (Å²) >= 11 is 0. The first-order valence-electron chi connectivity index (χ1n) is 8.61. The summed E-state index contributed by atoms with van der Waals surface area (Å²) in [6.07, 6.45) is 8.19. The fourth-order valence-corrected chi connectivity index (χ4v) is 3.21. The van der Waals surface area contributed by atoms with Gasteiger partial charge in [-0.15, -0.1) is 5.10 Å². The van der Waals surface area contributed by atoms with Gasteiger partial charge in [0.25, 0.3) is 0 Å². The van der Waals surface area contributed by atoms with Crippen LogP contribution in [0.5, 0.6) is 0 Å². The quantitative estimate of drug-likeness (QED) is 0.620. The van der Waals surface area contributed by atoms with E-state index in [1.54, 1.807) is 6.20 Å². The minimum absolute atomic E-state index is 0.419. The highest BCUT2D eigenvalue weighted by Gasteiger charge is 2.28.